The fourth-order valence-corrected chi connectivity index (χ4v) is 10.8. The van der Waals surface area contributed by atoms with Gasteiger partial charge in [0.2, 0.25) is 0 Å². The highest BCUT2D eigenvalue weighted by Gasteiger charge is 2.39. The summed E-state index contributed by atoms with van der Waals surface area (Å²) in [5, 5.41) is 0.433. The first-order valence-electron chi connectivity index (χ1n) is 19.0. The van der Waals surface area contributed by atoms with Gasteiger partial charge in [-0.25, -0.2) is 31.1 Å². The average Bonchev–Trinajstić information content (AvgIpc) is 3.21. The lowest BCUT2D eigenvalue weighted by Crippen LogP contribution is -2.29. The fraction of sp³-hybridized carbons (Fsp3) is 0.204. The third-order valence-electron chi connectivity index (χ3n) is 10.8. The molecule has 308 valence electrons. The maximum atomic E-state index is 16.3. The third-order valence-corrected chi connectivity index (χ3v) is 13.8. The van der Waals surface area contributed by atoms with Gasteiger partial charge in [0, 0.05) is 38.2 Å². The summed E-state index contributed by atoms with van der Waals surface area (Å²) in [5.74, 6) is -10.7. The third kappa shape index (κ3) is 7.04. The van der Waals surface area contributed by atoms with Crippen molar-refractivity contribution in [2.45, 2.75) is 52.4 Å². The van der Waals surface area contributed by atoms with Crippen molar-refractivity contribution in [1.82, 2.24) is 0 Å². The van der Waals surface area contributed by atoms with E-state index in [0.29, 0.717) is 62.7 Å². The van der Waals surface area contributed by atoms with Crippen LogP contribution in [-0.4, -0.2) is 20.2 Å². The molecule has 0 fully saturated rings. The number of rotatable bonds is 7. The molecule has 0 bridgehead atoms. The van der Waals surface area contributed by atoms with Crippen molar-refractivity contribution < 1.29 is 45.2 Å². The number of carbonyl (C=O) groups excluding carboxylic acids is 1. The van der Waals surface area contributed by atoms with E-state index in [1.165, 1.54) is 13.2 Å². The van der Waals surface area contributed by atoms with Crippen LogP contribution in [0.2, 0.25) is 0 Å². The molecule has 0 amide bonds. The van der Waals surface area contributed by atoms with Gasteiger partial charge in [0.15, 0.2) is 42.0 Å². The number of esters is 1. The topological polar surface area (TPSA) is 52.6 Å². The number of hydrogen-bond acceptors (Lipinski definition) is 4. The van der Waals surface area contributed by atoms with E-state index in [-0.39, 0.29) is 22.0 Å². The molecular weight excluding hydrogens is 797 g/mol. The van der Waals surface area contributed by atoms with Crippen molar-refractivity contribution in [3.63, 3.8) is 0 Å². The summed E-state index contributed by atoms with van der Waals surface area (Å²) in [4.78, 5) is 14.6. The molecule has 0 atom stereocenters. The van der Waals surface area contributed by atoms with Gasteiger partial charge < -0.3 is 14.0 Å². The second-order valence-electron chi connectivity index (χ2n) is 16.7. The molecular formula is C49H41F6O4P. The van der Waals surface area contributed by atoms with Gasteiger partial charge in [0.05, 0.1) is 19.8 Å². The molecule has 0 aliphatic rings. The Hall–Kier alpha value is -5.86. The van der Waals surface area contributed by atoms with Crippen molar-refractivity contribution in [3.8, 4) is 28.0 Å². The first-order valence-corrected chi connectivity index (χ1v) is 20.7. The van der Waals surface area contributed by atoms with Gasteiger partial charge >= 0.3 is 5.97 Å². The Kier molecular flexibility index (Phi) is 10.8. The Morgan fingerprint density at radius 3 is 1.47 bits per heavy atom. The highest BCUT2D eigenvalue weighted by atomic mass is 31.2. The molecule has 11 heteroatoms. The molecule has 0 aliphatic heterocycles. The van der Waals surface area contributed by atoms with E-state index in [1.54, 1.807) is 55.6 Å². The number of hydrogen-bond donors (Lipinski definition) is 0. The van der Waals surface area contributed by atoms with E-state index >= 15 is 22.1 Å². The van der Waals surface area contributed by atoms with Gasteiger partial charge in [-0.05, 0) is 92.0 Å². The van der Waals surface area contributed by atoms with Crippen LogP contribution in [-0.2, 0) is 20.1 Å². The maximum absolute atomic E-state index is 16.3. The molecule has 7 aromatic carbocycles. The lowest BCUT2D eigenvalue weighted by molar-refractivity contribution is 0.0602. The highest BCUT2D eigenvalue weighted by molar-refractivity contribution is 7.85. The quantitative estimate of drug-likeness (QED) is 0.0694. The zero-order valence-electron chi connectivity index (χ0n) is 34.2. The number of methoxy groups -OCH3 is 2. The molecule has 0 heterocycles. The van der Waals surface area contributed by atoms with Gasteiger partial charge in [-0.2, -0.15) is 0 Å². The molecule has 0 aliphatic carbocycles. The highest BCUT2D eigenvalue weighted by Crippen LogP contribution is 2.51. The number of carbonyl (C=O) groups is 1. The van der Waals surface area contributed by atoms with Crippen LogP contribution in [0.4, 0.5) is 26.3 Å². The van der Waals surface area contributed by atoms with Crippen LogP contribution >= 0.6 is 7.14 Å². The van der Waals surface area contributed by atoms with Crippen LogP contribution < -0.4 is 20.7 Å². The van der Waals surface area contributed by atoms with Crippen molar-refractivity contribution in [3.05, 3.63) is 155 Å². The lowest BCUT2D eigenvalue weighted by atomic mass is 9.76. The SMILES string of the molecule is COC(=O)c1c(-c2cc(C(C)(C)C)c(OC)c(C(C)(C)C)c2)cc2ccccc2c1-c1c(P(=O)(c2cc(F)c(F)c(F)c2)c2cc(F)c(F)c(F)c2)ccc2ccccc12. The van der Waals surface area contributed by atoms with Crippen molar-refractivity contribution in [1.29, 1.82) is 0 Å². The molecule has 4 nitrogen and oxygen atoms in total. The van der Waals surface area contributed by atoms with E-state index in [1.807, 2.05) is 65.8 Å². The van der Waals surface area contributed by atoms with Crippen LogP contribution in [0.1, 0.15) is 63.0 Å². The Morgan fingerprint density at radius 1 is 0.567 bits per heavy atom. The average molecular weight is 839 g/mol. The van der Waals surface area contributed by atoms with Crippen LogP contribution in [0.3, 0.4) is 0 Å². The Morgan fingerprint density at radius 2 is 1.02 bits per heavy atom. The number of halogens is 6. The van der Waals surface area contributed by atoms with Crippen molar-refractivity contribution in [2.75, 3.05) is 14.2 Å². The van der Waals surface area contributed by atoms with Crippen LogP contribution in [0.25, 0.3) is 43.8 Å². The second kappa shape index (κ2) is 15.3. The van der Waals surface area contributed by atoms with E-state index < -0.39 is 69.5 Å². The lowest BCUT2D eigenvalue weighted by Gasteiger charge is -2.30. The summed E-state index contributed by atoms with van der Waals surface area (Å²) in [5.41, 5.74) is 2.06. The normalized spacial score (nSPS) is 12.3. The van der Waals surface area contributed by atoms with Crippen LogP contribution in [0.5, 0.6) is 5.75 Å². The minimum atomic E-state index is -4.99. The van der Waals surface area contributed by atoms with Gasteiger partial charge in [0.1, 0.15) is 5.75 Å². The molecule has 0 spiro atoms. The molecule has 60 heavy (non-hydrogen) atoms. The molecule has 0 saturated heterocycles. The summed E-state index contributed by atoms with van der Waals surface area (Å²) in [6.45, 7) is 12.2. The zero-order valence-corrected chi connectivity index (χ0v) is 35.1. The molecule has 0 saturated carbocycles. The Bertz CT molecular complexity index is 2800. The standard InChI is InChI=1S/C49H41F6O4P/c1-48(2,3)34-20-28(21-35(46(34)58-7)49(4,5)6)33-19-27-14-10-12-16-32(27)42(43(33)47(56)59-8)41-31-15-11-9-13-26(31)17-18-40(41)60(57,29-22-36(50)44(54)37(51)23-29)30-24-38(52)45(55)39(53)25-30/h9-25H,1-8H3. The number of benzene rings is 7. The van der Waals surface area contributed by atoms with E-state index in [0.717, 1.165) is 11.1 Å². The summed E-state index contributed by atoms with van der Waals surface area (Å²) < 4.78 is 118. The van der Waals surface area contributed by atoms with Crippen molar-refractivity contribution >= 4 is 50.6 Å². The predicted octanol–water partition coefficient (Wildman–Crippen LogP) is 12.2. The van der Waals surface area contributed by atoms with Gasteiger partial charge in [0.25, 0.3) is 0 Å². The smallest absolute Gasteiger partial charge is 0.339 e. The minimum absolute atomic E-state index is 0.0122. The molecule has 0 N–H and O–H groups in total. The minimum Gasteiger partial charge on any atom is -0.496 e. The summed E-state index contributed by atoms with van der Waals surface area (Å²) >= 11 is 0. The fourth-order valence-electron chi connectivity index (χ4n) is 7.93. The molecule has 7 rings (SSSR count). The number of ether oxygens (including phenoxy) is 2. The molecule has 0 unspecified atom stereocenters. The summed E-state index contributed by atoms with van der Waals surface area (Å²) in [7, 11) is -2.17. The Balaban J connectivity index is 1.75. The molecule has 0 radical (unpaired) electrons. The maximum Gasteiger partial charge on any atom is 0.339 e. The summed E-state index contributed by atoms with van der Waals surface area (Å²) in [6.07, 6.45) is 0. The molecule has 7 aromatic rings. The first-order chi connectivity index (χ1) is 28.2. The zero-order chi connectivity index (χ0) is 43.6. The second-order valence-corrected chi connectivity index (χ2v) is 19.5. The van der Waals surface area contributed by atoms with Gasteiger partial charge in [-0.3, -0.25) is 0 Å². The Labute approximate surface area is 344 Å². The van der Waals surface area contributed by atoms with Gasteiger partial charge in [-0.1, -0.05) is 96.1 Å². The van der Waals surface area contributed by atoms with E-state index in [2.05, 4.69) is 0 Å². The first kappa shape index (κ1) is 42.3. The van der Waals surface area contributed by atoms with Crippen molar-refractivity contribution in [2.24, 2.45) is 0 Å². The van der Waals surface area contributed by atoms with E-state index in [4.69, 9.17) is 9.47 Å². The van der Waals surface area contributed by atoms with Crippen LogP contribution in [0, 0.1) is 34.9 Å². The summed E-state index contributed by atoms with van der Waals surface area (Å²) in [6, 6.07) is 24.6. The predicted molar refractivity (Wildman–Crippen MR) is 227 cm³/mol. The largest absolute Gasteiger partial charge is 0.496 e. The molecule has 0 aromatic heterocycles. The monoisotopic (exact) mass is 838 g/mol. The van der Waals surface area contributed by atoms with Gasteiger partial charge in [-0.15, -0.1) is 0 Å². The number of fused-ring (bicyclic) bond motifs is 2. The van der Waals surface area contributed by atoms with Crippen LogP contribution in [0.15, 0.2) is 103 Å². The van der Waals surface area contributed by atoms with E-state index in [9.17, 15) is 13.6 Å².